The maximum atomic E-state index is 13.1. The molecule has 2 aromatic carbocycles. The highest BCUT2D eigenvalue weighted by Gasteiger charge is 2.26. The van der Waals surface area contributed by atoms with Gasteiger partial charge in [0.15, 0.2) is 12.4 Å². The zero-order valence-electron chi connectivity index (χ0n) is 19.0. The molecular weight excluding hydrogens is 471 g/mol. The normalized spacial score (nSPS) is 13.6. The zero-order valence-corrected chi connectivity index (χ0v) is 19.0. The summed E-state index contributed by atoms with van der Waals surface area (Å²) in [6, 6.07) is 13.1. The fourth-order valence-electron chi connectivity index (χ4n) is 3.83. The number of benzene rings is 2. The minimum absolute atomic E-state index is 0.0392. The van der Waals surface area contributed by atoms with Gasteiger partial charge in [-0.25, -0.2) is 4.39 Å². The van der Waals surface area contributed by atoms with Crippen molar-refractivity contribution in [1.82, 2.24) is 9.80 Å². The lowest BCUT2D eigenvalue weighted by Crippen LogP contribution is -2.51. The SMILES string of the molecule is O=C(COc1ccc2c(=O)c(Oc3ccc(F)cc3)coc2c1)N1CCN(C(=O)c2ccco2)CC1. The first-order valence-corrected chi connectivity index (χ1v) is 11.2. The minimum atomic E-state index is -0.415. The number of ether oxygens (including phenoxy) is 2. The molecule has 1 saturated heterocycles. The Kier molecular flexibility index (Phi) is 6.40. The quantitative estimate of drug-likeness (QED) is 0.405. The number of furan rings is 1. The second-order valence-corrected chi connectivity index (χ2v) is 8.08. The van der Waals surface area contributed by atoms with E-state index in [1.165, 1.54) is 48.9 Å². The molecule has 5 rings (SSSR count). The van der Waals surface area contributed by atoms with Crippen LogP contribution in [0.2, 0.25) is 0 Å². The van der Waals surface area contributed by atoms with Gasteiger partial charge in [-0.1, -0.05) is 0 Å². The average molecular weight is 492 g/mol. The molecule has 0 atom stereocenters. The van der Waals surface area contributed by atoms with E-state index in [0.29, 0.717) is 37.7 Å². The van der Waals surface area contributed by atoms with E-state index < -0.39 is 11.2 Å². The minimum Gasteiger partial charge on any atom is -0.484 e. The molecule has 0 radical (unpaired) electrons. The lowest BCUT2D eigenvalue weighted by Gasteiger charge is -2.34. The lowest BCUT2D eigenvalue weighted by atomic mass is 10.2. The highest BCUT2D eigenvalue weighted by atomic mass is 19.1. The first-order chi connectivity index (χ1) is 17.5. The number of amides is 2. The van der Waals surface area contributed by atoms with Crippen LogP contribution < -0.4 is 14.9 Å². The van der Waals surface area contributed by atoms with Gasteiger partial charge in [0.25, 0.3) is 11.8 Å². The molecule has 0 bridgehead atoms. The first kappa shape index (κ1) is 23.2. The van der Waals surface area contributed by atoms with E-state index in [0.717, 1.165) is 0 Å². The molecule has 0 saturated carbocycles. The van der Waals surface area contributed by atoms with E-state index in [1.807, 2.05) is 0 Å². The molecule has 0 aliphatic carbocycles. The van der Waals surface area contributed by atoms with Gasteiger partial charge in [-0.05, 0) is 48.5 Å². The van der Waals surface area contributed by atoms with Crippen LogP contribution in [0.1, 0.15) is 10.6 Å². The van der Waals surface area contributed by atoms with Crippen LogP contribution in [0.4, 0.5) is 4.39 Å². The Bertz CT molecular complexity index is 1440. The predicted molar refractivity (Wildman–Crippen MR) is 126 cm³/mol. The van der Waals surface area contributed by atoms with Crippen molar-refractivity contribution in [2.24, 2.45) is 0 Å². The molecule has 1 aliphatic rings. The number of hydrogen-bond donors (Lipinski definition) is 0. The Hall–Kier alpha value is -4.60. The van der Waals surface area contributed by atoms with Gasteiger partial charge in [-0.3, -0.25) is 14.4 Å². The van der Waals surface area contributed by atoms with E-state index in [1.54, 1.807) is 28.0 Å². The second-order valence-electron chi connectivity index (χ2n) is 8.08. The number of piperazine rings is 1. The molecule has 2 aromatic heterocycles. The van der Waals surface area contributed by atoms with Gasteiger partial charge < -0.3 is 28.1 Å². The summed E-state index contributed by atoms with van der Waals surface area (Å²) >= 11 is 0. The number of rotatable bonds is 6. The summed E-state index contributed by atoms with van der Waals surface area (Å²) in [6.07, 6.45) is 2.62. The highest BCUT2D eigenvalue weighted by Crippen LogP contribution is 2.24. The summed E-state index contributed by atoms with van der Waals surface area (Å²) in [5, 5.41) is 0.269. The zero-order chi connectivity index (χ0) is 25.1. The Labute approximate surface area is 204 Å². The maximum absolute atomic E-state index is 13.1. The largest absolute Gasteiger partial charge is 0.484 e. The number of halogens is 1. The van der Waals surface area contributed by atoms with Crippen LogP contribution in [0.3, 0.4) is 0 Å². The van der Waals surface area contributed by atoms with Gasteiger partial charge in [0.05, 0.1) is 11.6 Å². The van der Waals surface area contributed by atoms with Crippen LogP contribution in [0.15, 0.2) is 80.8 Å². The van der Waals surface area contributed by atoms with Crippen LogP contribution in [-0.4, -0.2) is 54.4 Å². The van der Waals surface area contributed by atoms with Crippen LogP contribution in [0, 0.1) is 5.82 Å². The fourth-order valence-corrected chi connectivity index (χ4v) is 3.83. The number of fused-ring (bicyclic) bond motifs is 1. The van der Waals surface area contributed by atoms with Crippen LogP contribution in [-0.2, 0) is 4.79 Å². The monoisotopic (exact) mass is 492 g/mol. The molecule has 2 amide bonds. The van der Waals surface area contributed by atoms with Gasteiger partial charge >= 0.3 is 0 Å². The molecule has 10 heteroatoms. The van der Waals surface area contributed by atoms with E-state index in [4.69, 9.17) is 18.3 Å². The Morgan fingerprint density at radius 3 is 2.36 bits per heavy atom. The van der Waals surface area contributed by atoms with Gasteiger partial charge in [-0.15, -0.1) is 0 Å². The third kappa shape index (κ3) is 4.92. The third-order valence-electron chi connectivity index (χ3n) is 5.77. The van der Waals surface area contributed by atoms with Gasteiger partial charge in [0, 0.05) is 32.2 Å². The molecule has 36 heavy (non-hydrogen) atoms. The maximum Gasteiger partial charge on any atom is 0.289 e. The van der Waals surface area contributed by atoms with E-state index in [9.17, 15) is 18.8 Å². The molecule has 1 aliphatic heterocycles. The number of carbonyl (C=O) groups is 2. The molecule has 3 heterocycles. The summed E-state index contributed by atoms with van der Waals surface area (Å²) in [5.74, 6) is 0.0570. The summed E-state index contributed by atoms with van der Waals surface area (Å²) in [7, 11) is 0. The molecule has 0 unspecified atom stereocenters. The Balaban J connectivity index is 1.18. The number of carbonyl (C=O) groups excluding carboxylic acids is 2. The number of nitrogens with zero attached hydrogens (tertiary/aromatic N) is 2. The lowest BCUT2D eigenvalue weighted by molar-refractivity contribution is -0.134. The predicted octanol–water partition coefficient (Wildman–Crippen LogP) is 3.68. The first-order valence-electron chi connectivity index (χ1n) is 11.2. The smallest absolute Gasteiger partial charge is 0.289 e. The average Bonchev–Trinajstić information content (AvgIpc) is 3.45. The fraction of sp³-hybridized carbons (Fsp3) is 0.192. The van der Waals surface area contributed by atoms with Crippen molar-refractivity contribution in [3.8, 4) is 17.2 Å². The van der Waals surface area contributed by atoms with Gasteiger partial charge in [0.2, 0.25) is 11.2 Å². The highest BCUT2D eigenvalue weighted by molar-refractivity contribution is 5.91. The van der Waals surface area contributed by atoms with Crippen molar-refractivity contribution >= 4 is 22.8 Å². The van der Waals surface area contributed by atoms with Crippen LogP contribution >= 0.6 is 0 Å². The number of hydrogen-bond acceptors (Lipinski definition) is 7. The molecule has 184 valence electrons. The summed E-state index contributed by atoms with van der Waals surface area (Å²) in [4.78, 5) is 41.0. The van der Waals surface area contributed by atoms with Crippen molar-refractivity contribution in [3.05, 3.63) is 88.9 Å². The van der Waals surface area contributed by atoms with Crippen molar-refractivity contribution in [2.45, 2.75) is 0 Å². The molecular formula is C26H21FN2O7. The topological polar surface area (TPSA) is 102 Å². The van der Waals surface area contributed by atoms with Crippen molar-refractivity contribution in [3.63, 3.8) is 0 Å². The summed E-state index contributed by atoms with van der Waals surface area (Å²) in [6.45, 7) is 1.37. The van der Waals surface area contributed by atoms with Crippen molar-refractivity contribution < 1.29 is 32.3 Å². The standard InChI is InChI=1S/C26H21FN2O7/c27-17-3-5-18(6-4-17)36-23-15-35-22-14-19(7-8-20(22)25(23)31)34-16-24(30)28-9-11-29(12-10-28)26(32)21-2-1-13-33-21/h1-8,13-15H,9-12,16H2. The van der Waals surface area contributed by atoms with Crippen molar-refractivity contribution in [2.75, 3.05) is 32.8 Å². The Morgan fingerprint density at radius 1 is 0.917 bits per heavy atom. The molecule has 9 nitrogen and oxygen atoms in total. The molecule has 0 N–H and O–H groups in total. The van der Waals surface area contributed by atoms with E-state index in [2.05, 4.69) is 0 Å². The summed E-state index contributed by atoms with van der Waals surface area (Å²) in [5.41, 5.74) is -0.133. The molecule has 4 aromatic rings. The Morgan fingerprint density at radius 2 is 1.64 bits per heavy atom. The van der Waals surface area contributed by atoms with Crippen LogP contribution in [0.25, 0.3) is 11.0 Å². The van der Waals surface area contributed by atoms with E-state index in [-0.39, 0.29) is 40.9 Å². The van der Waals surface area contributed by atoms with Gasteiger partial charge in [0.1, 0.15) is 29.2 Å². The second kappa shape index (κ2) is 9.95. The van der Waals surface area contributed by atoms with E-state index >= 15 is 0 Å². The van der Waals surface area contributed by atoms with Crippen molar-refractivity contribution in [1.29, 1.82) is 0 Å². The third-order valence-corrected chi connectivity index (χ3v) is 5.77. The molecule has 1 fully saturated rings. The van der Waals surface area contributed by atoms with Gasteiger partial charge in [-0.2, -0.15) is 0 Å². The summed E-state index contributed by atoms with van der Waals surface area (Å²) < 4.78 is 34.9. The van der Waals surface area contributed by atoms with Crippen LogP contribution in [0.5, 0.6) is 17.2 Å². The molecule has 0 spiro atoms.